The topological polar surface area (TPSA) is 84.7 Å². The molecule has 1 amide bonds. The van der Waals surface area contributed by atoms with Crippen LogP contribution in [-0.2, 0) is 11.3 Å². The SMILES string of the molecule is O=C(O)c1cc2n(n1)CCCN(C[C@@H]1CCCO1)C2=O. The minimum atomic E-state index is -1.11. The Morgan fingerprint density at radius 2 is 2.30 bits per heavy atom. The number of fused-ring (bicyclic) bond motifs is 1. The normalized spacial score (nSPS) is 22.7. The molecule has 20 heavy (non-hydrogen) atoms. The number of aryl methyl sites for hydroxylation is 1. The van der Waals surface area contributed by atoms with E-state index in [1.54, 1.807) is 4.90 Å². The van der Waals surface area contributed by atoms with Crippen LogP contribution >= 0.6 is 0 Å². The number of aromatic carboxylic acids is 1. The van der Waals surface area contributed by atoms with Crippen LogP contribution in [0.2, 0.25) is 0 Å². The van der Waals surface area contributed by atoms with Crippen molar-refractivity contribution in [1.29, 1.82) is 0 Å². The molecule has 0 aliphatic carbocycles. The second-order valence-electron chi connectivity index (χ2n) is 5.18. The maximum Gasteiger partial charge on any atom is 0.356 e. The Morgan fingerprint density at radius 3 is 3.00 bits per heavy atom. The average molecular weight is 279 g/mol. The summed E-state index contributed by atoms with van der Waals surface area (Å²) in [6.07, 6.45) is 2.89. The Labute approximate surface area is 116 Å². The Bertz CT molecular complexity index is 534. The van der Waals surface area contributed by atoms with Gasteiger partial charge in [-0.25, -0.2) is 4.79 Å². The van der Waals surface area contributed by atoms with E-state index in [0.29, 0.717) is 25.3 Å². The summed E-state index contributed by atoms with van der Waals surface area (Å²) in [4.78, 5) is 25.2. The molecule has 7 heteroatoms. The number of hydrogen-bond acceptors (Lipinski definition) is 4. The number of carbonyl (C=O) groups is 2. The van der Waals surface area contributed by atoms with Crippen LogP contribution in [0.3, 0.4) is 0 Å². The first-order chi connectivity index (χ1) is 9.65. The maximum absolute atomic E-state index is 12.5. The van der Waals surface area contributed by atoms with Crippen LogP contribution in [0.4, 0.5) is 0 Å². The molecule has 3 rings (SSSR count). The Morgan fingerprint density at radius 1 is 1.45 bits per heavy atom. The van der Waals surface area contributed by atoms with E-state index in [1.807, 2.05) is 0 Å². The second kappa shape index (κ2) is 5.24. The van der Waals surface area contributed by atoms with Crippen LogP contribution in [0.5, 0.6) is 0 Å². The maximum atomic E-state index is 12.5. The summed E-state index contributed by atoms with van der Waals surface area (Å²) in [6.45, 7) is 2.56. The van der Waals surface area contributed by atoms with E-state index in [-0.39, 0.29) is 17.7 Å². The smallest absolute Gasteiger partial charge is 0.356 e. The van der Waals surface area contributed by atoms with Crippen molar-refractivity contribution in [3.05, 3.63) is 17.5 Å². The number of carboxylic acids is 1. The van der Waals surface area contributed by atoms with Gasteiger partial charge in [0.25, 0.3) is 5.91 Å². The highest BCUT2D eigenvalue weighted by molar-refractivity contribution is 5.95. The zero-order valence-electron chi connectivity index (χ0n) is 11.1. The van der Waals surface area contributed by atoms with Gasteiger partial charge in [0.2, 0.25) is 0 Å². The first-order valence-electron chi connectivity index (χ1n) is 6.87. The molecule has 2 aliphatic heterocycles. The standard InChI is InChI=1S/C13H17N3O4/c17-12-11-7-10(13(18)19)14-16(11)5-2-4-15(12)8-9-3-1-6-20-9/h7,9H,1-6,8H2,(H,18,19)/t9-/m0/s1. The van der Waals surface area contributed by atoms with Gasteiger partial charge in [-0.3, -0.25) is 9.48 Å². The molecule has 1 fully saturated rings. The van der Waals surface area contributed by atoms with Crippen molar-refractivity contribution >= 4 is 11.9 Å². The number of carbonyl (C=O) groups excluding carboxylic acids is 1. The Balaban J connectivity index is 1.80. The summed E-state index contributed by atoms with van der Waals surface area (Å²) in [5, 5.41) is 12.9. The van der Waals surface area contributed by atoms with Crippen molar-refractivity contribution in [3.8, 4) is 0 Å². The summed E-state index contributed by atoms with van der Waals surface area (Å²) in [5.41, 5.74) is 0.283. The molecule has 0 radical (unpaired) electrons. The van der Waals surface area contributed by atoms with E-state index in [0.717, 1.165) is 25.9 Å². The minimum Gasteiger partial charge on any atom is -0.476 e. The van der Waals surface area contributed by atoms with E-state index in [9.17, 15) is 9.59 Å². The Kier molecular flexibility index (Phi) is 3.43. The predicted molar refractivity (Wildman–Crippen MR) is 68.7 cm³/mol. The third-order valence-electron chi connectivity index (χ3n) is 3.75. The van der Waals surface area contributed by atoms with Gasteiger partial charge in [0.15, 0.2) is 5.69 Å². The number of aromatic nitrogens is 2. The highest BCUT2D eigenvalue weighted by atomic mass is 16.5. The molecule has 1 saturated heterocycles. The fourth-order valence-electron chi connectivity index (χ4n) is 2.75. The number of hydrogen-bond donors (Lipinski definition) is 1. The van der Waals surface area contributed by atoms with Crippen LogP contribution in [0.25, 0.3) is 0 Å². The molecular weight excluding hydrogens is 262 g/mol. The lowest BCUT2D eigenvalue weighted by Gasteiger charge is -2.23. The van der Waals surface area contributed by atoms with Crippen LogP contribution in [0.1, 0.15) is 40.2 Å². The molecule has 1 N–H and O–H groups in total. The van der Waals surface area contributed by atoms with Gasteiger partial charge in [0.05, 0.1) is 6.10 Å². The number of amides is 1. The third kappa shape index (κ3) is 2.40. The van der Waals surface area contributed by atoms with E-state index in [2.05, 4.69) is 5.10 Å². The second-order valence-corrected chi connectivity index (χ2v) is 5.18. The molecule has 7 nitrogen and oxygen atoms in total. The van der Waals surface area contributed by atoms with Crippen molar-refractivity contribution in [2.75, 3.05) is 19.7 Å². The van der Waals surface area contributed by atoms with Gasteiger partial charge in [-0.05, 0) is 19.3 Å². The fourth-order valence-corrected chi connectivity index (χ4v) is 2.75. The zero-order chi connectivity index (χ0) is 14.1. The minimum absolute atomic E-state index is 0.0766. The monoisotopic (exact) mass is 279 g/mol. The summed E-state index contributed by atoms with van der Waals surface area (Å²) < 4.78 is 7.07. The predicted octanol–water partition coefficient (Wildman–Crippen LogP) is 0.606. The lowest BCUT2D eigenvalue weighted by Crippen LogP contribution is -2.37. The molecule has 1 aromatic heterocycles. The molecular formula is C13H17N3O4. The third-order valence-corrected chi connectivity index (χ3v) is 3.75. The van der Waals surface area contributed by atoms with Crippen molar-refractivity contribution in [2.24, 2.45) is 0 Å². The molecule has 3 heterocycles. The highest BCUT2D eigenvalue weighted by Crippen LogP contribution is 2.18. The molecule has 0 aromatic carbocycles. The molecule has 0 spiro atoms. The van der Waals surface area contributed by atoms with Crippen molar-refractivity contribution in [2.45, 2.75) is 31.9 Å². The van der Waals surface area contributed by atoms with Gasteiger partial charge in [-0.2, -0.15) is 5.10 Å². The molecule has 0 bridgehead atoms. The fraction of sp³-hybridized carbons (Fsp3) is 0.615. The highest BCUT2D eigenvalue weighted by Gasteiger charge is 2.28. The van der Waals surface area contributed by atoms with Gasteiger partial charge in [-0.1, -0.05) is 0 Å². The summed E-state index contributed by atoms with van der Waals surface area (Å²) in [7, 11) is 0. The van der Waals surface area contributed by atoms with Gasteiger partial charge >= 0.3 is 5.97 Å². The first-order valence-corrected chi connectivity index (χ1v) is 6.87. The molecule has 2 aliphatic rings. The largest absolute Gasteiger partial charge is 0.476 e. The van der Waals surface area contributed by atoms with Crippen molar-refractivity contribution < 1.29 is 19.4 Å². The van der Waals surface area contributed by atoms with Gasteiger partial charge in [-0.15, -0.1) is 0 Å². The van der Waals surface area contributed by atoms with E-state index in [4.69, 9.17) is 9.84 Å². The number of ether oxygens (including phenoxy) is 1. The summed E-state index contributed by atoms with van der Waals surface area (Å²) in [5.74, 6) is -1.26. The lowest BCUT2D eigenvalue weighted by molar-refractivity contribution is 0.0530. The zero-order valence-corrected chi connectivity index (χ0v) is 11.1. The molecule has 1 aromatic rings. The molecule has 1 atom stereocenters. The Hall–Kier alpha value is -1.89. The van der Waals surface area contributed by atoms with Crippen molar-refractivity contribution in [1.82, 2.24) is 14.7 Å². The number of rotatable bonds is 3. The molecule has 0 saturated carbocycles. The van der Waals surface area contributed by atoms with Crippen LogP contribution in [0, 0.1) is 0 Å². The quantitative estimate of drug-likeness (QED) is 0.876. The van der Waals surface area contributed by atoms with E-state index < -0.39 is 5.97 Å². The first kappa shape index (κ1) is 13.1. The number of nitrogens with zero attached hydrogens (tertiary/aromatic N) is 3. The van der Waals surface area contributed by atoms with E-state index >= 15 is 0 Å². The van der Waals surface area contributed by atoms with E-state index in [1.165, 1.54) is 10.7 Å². The number of carboxylic acid groups (broad SMARTS) is 1. The van der Waals surface area contributed by atoms with Gasteiger partial charge in [0, 0.05) is 32.3 Å². The average Bonchev–Trinajstić information content (AvgIpc) is 3.03. The molecule has 0 unspecified atom stereocenters. The summed E-state index contributed by atoms with van der Waals surface area (Å²) >= 11 is 0. The molecule has 108 valence electrons. The van der Waals surface area contributed by atoms with Crippen LogP contribution in [0.15, 0.2) is 6.07 Å². The summed E-state index contributed by atoms with van der Waals surface area (Å²) in [6, 6.07) is 1.36. The van der Waals surface area contributed by atoms with Crippen LogP contribution in [-0.4, -0.2) is 57.5 Å². The lowest BCUT2D eigenvalue weighted by atomic mass is 10.2. The van der Waals surface area contributed by atoms with Gasteiger partial charge in [0.1, 0.15) is 5.69 Å². The van der Waals surface area contributed by atoms with Gasteiger partial charge < -0.3 is 14.7 Å². The van der Waals surface area contributed by atoms with Crippen molar-refractivity contribution in [3.63, 3.8) is 0 Å². The van der Waals surface area contributed by atoms with Crippen LogP contribution < -0.4 is 0 Å².